The Hall–Kier alpha value is -1.02. The van der Waals surface area contributed by atoms with Crippen LogP contribution in [0.25, 0.3) is 0 Å². The average Bonchev–Trinajstić information content (AvgIpc) is 2.95. The number of nitrogens with one attached hydrogen (secondary N) is 1. The zero-order valence-electron chi connectivity index (χ0n) is 29.1. The lowest BCUT2D eigenvalue weighted by molar-refractivity contribution is -0.870. The number of aliphatic hydroxyl groups excluding tert-OH is 1. The zero-order chi connectivity index (χ0) is 32.9. The molecule has 44 heavy (non-hydrogen) atoms. The van der Waals surface area contributed by atoms with Crippen LogP contribution < -0.4 is 5.32 Å². The van der Waals surface area contributed by atoms with Crippen LogP contribution in [0.5, 0.6) is 0 Å². The van der Waals surface area contributed by atoms with E-state index in [9.17, 15) is 19.4 Å². The topological polar surface area (TPSA) is 105 Å². The molecule has 0 heterocycles. The number of rotatable bonds is 31. The molecular formula is C35H70N2O6P+. The van der Waals surface area contributed by atoms with Gasteiger partial charge in [0.05, 0.1) is 39.9 Å². The molecule has 0 fully saturated rings. The van der Waals surface area contributed by atoms with Crippen LogP contribution in [0.1, 0.15) is 142 Å². The monoisotopic (exact) mass is 645 g/mol. The van der Waals surface area contributed by atoms with Crippen molar-refractivity contribution >= 4 is 13.7 Å². The van der Waals surface area contributed by atoms with Crippen molar-refractivity contribution in [3.05, 3.63) is 24.3 Å². The van der Waals surface area contributed by atoms with Gasteiger partial charge in [-0.1, -0.05) is 141 Å². The van der Waals surface area contributed by atoms with Gasteiger partial charge in [0.25, 0.3) is 0 Å². The summed E-state index contributed by atoms with van der Waals surface area (Å²) in [5.74, 6) is -0.199. The van der Waals surface area contributed by atoms with E-state index in [1.54, 1.807) is 12.2 Å². The van der Waals surface area contributed by atoms with Crippen molar-refractivity contribution in [1.29, 1.82) is 0 Å². The predicted octanol–water partition coefficient (Wildman–Crippen LogP) is 8.63. The average molecular weight is 646 g/mol. The minimum Gasteiger partial charge on any atom is -0.387 e. The summed E-state index contributed by atoms with van der Waals surface area (Å²) in [6.45, 7) is 4.70. The van der Waals surface area contributed by atoms with E-state index < -0.39 is 20.0 Å². The van der Waals surface area contributed by atoms with Crippen molar-refractivity contribution < 1.29 is 32.9 Å². The number of quaternary nitrogens is 1. The van der Waals surface area contributed by atoms with Gasteiger partial charge >= 0.3 is 7.82 Å². The highest BCUT2D eigenvalue weighted by molar-refractivity contribution is 7.47. The van der Waals surface area contributed by atoms with Gasteiger partial charge in [-0.05, 0) is 19.3 Å². The van der Waals surface area contributed by atoms with Crippen LogP contribution in [0.15, 0.2) is 24.3 Å². The number of amides is 1. The van der Waals surface area contributed by atoms with E-state index in [-0.39, 0.29) is 19.1 Å². The number of carbonyl (C=O) groups is 1. The second-order valence-electron chi connectivity index (χ2n) is 13.3. The number of phosphoric acid groups is 1. The third-order valence-corrected chi connectivity index (χ3v) is 8.71. The number of allylic oxidation sites excluding steroid dienone is 3. The molecule has 0 saturated heterocycles. The molecule has 0 radical (unpaired) electrons. The van der Waals surface area contributed by atoms with Crippen molar-refractivity contribution in [2.24, 2.45) is 0 Å². The normalized spacial score (nSPS) is 15.2. The number of carbonyl (C=O) groups excluding carboxylic acids is 1. The molecule has 1 unspecified atom stereocenters. The summed E-state index contributed by atoms with van der Waals surface area (Å²) in [7, 11) is 1.54. The molecule has 0 bridgehead atoms. The molecule has 1 amide bonds. The number of hydrogen-bond donors (Lipinski definition) is 3. The van der Waals surface area contributed by atoms with Crippen molar-refractivity contribution in [1.82, 2.24) is 5.32 Å². The first-order valence-corrected chi connectivity index (χ1v) is 19.2. The highest BCUT2D eigenvalue weighted by Gasteiger charge is 2.27. The molecule has 260 valence electrons. The number of hydrogen-bond acceptors (Lipinski definition) is 5. The molecule has 0 aromatic heterocycles. The van der Waals surface area contributed by atoms with E-state index in [4.69, 9.17) is 9.05 Å². The van der Waals surface area contributed by atoms with Gasteiger partial charge in [0.1, 0.15) is 13.2 Å². The van der Waals surface area contributed by atoms with Gasteiger partial charge in [0.15, 0.2) is 0 Å². The highest BCUT2D eigenvalue weighted by atomic mass is 31.2. The molecule has 3 N–H and O–H groups in total. The Morgan fingerprint density at radius 1 is 0.773 bits per heavy atom. The van der Waals surface area contributed by atoms with Crippen molar-refractivity contribution in [2.45, 2.75) is 154 Å². The first-order chi connectivity index (χ1) is 21.0. The van der Waals surface area contributed by atoms with E-state index in [0.717, 1.165) is 32.1 Å². The lowest BCUT2D eigenvalue weighted by Crippen LogP contribution is -2.45. The van der Waals surface area contributed by atoms with E-state index in [1.165, 1.54) is 89.9 Å². The van der Waals surface area contributed by atoms with Crippen LogP contribution in [0, 0.1) is 0 Å². The fraction of sp³-hybridized carbons (Fsp3) is 0.857. The maximum absolute atomic E-state index is 12.7. The Kier molecular flexibility index (Phi) is 27.6. The lowest BCUT2D eigenvalue weighted by Gasteiger charge is -2.25. The SMILES string of the molecule is CCCCCCC/C=C/C=C/[C@@H](O)[C@H](COP(=O)(O)OCC[N+](C)(C)C)NC(=O)CCCCCCCCCCCCCCC. The maximum atomic E-state index is 12.7. The molecule has 0 rings (SSSR count). The van der Waals surface area contributed by atoms with Crippen LogP contribution in [0.4, 0.5) is 0 Å². The number of phosphoric ester groups is 1. The Morgan fingerprint density at radius 2 is 1.27 bits per heavy atom. The molecule has 8 nitrogen and oxygen atoms in total. The molecule has 9 heteroatoms. The second kappa shape index (κ2) is 28.2. The van der Waals surface area contributed by atoms with Crippen molar-refractivity contribution in [2.75, 3.05) is 40.9 Å². The number of aliphatic hydroxyl groups is 1. The number of unbranched alkanes of at least 4 members (excludes halogenated alkanes) is 17. The summed E-state index contributed by atoms with van der Waals surface area (Å²) in [5.41, 5.74) is 0. The van der Waals surface area contributed by atoms with Crippen LogP contribution >= 0.6 is 7.82 Å². The molecule has 0 spiro atoms. The van der Waals surface area contributed by atoms with Crippen LogP contribution in [-0.2, 0) is 18.4 Å². The van der Waals surface area contributed by atoms with Gasteiger partial charge in [0.2, 0.25) is 5.91 Å². The smallest absolute Gasteiger partial charge is 0.387 e. The summed E-state index contributed by atoms with van der Waals surface area (Å²) in [5, 5.41) is 13.6. The van der Waals surface area contributed by atoms with E-state index in [1.807, 2.05) is 27.2 Å². The Bertz CT molecular complexity index is 784. The fourth-order valence-corrected chi connectivity index (χ4v) is 5.54. The zero-order valence-corrected chi connectivity index (χ0v) is 30.0. The van der Waals surface area contributed by atoms with Gasteiger partial charge in [-0.3, -0.25) is 13.8 Å². The van der Waals surface area contributed by atoms with Crippen LogP contribution in [-0.4, -0.2) is 73.4 Å². The second-order valence-corrected chi connectivity index (χ2v) is 14.7. The van der Waals surface area contributed by atoms with Gasteiger partial charge in [0, 0.05) is 6.42 Å². The third kappa shape index (κ3) is 29.7. The van der Waals surface area contributed by atoms with E-state index in [0.29, 0.717) is 17.4 Å². The summed E-state index contributed by atoms with van der Waals surface area (Å²) in [6.07, 6.45) is 29.7. The Morgan fingerprint density at radius 3 is 1.80 bits per heavy atom. The first kappa shape index (κ1) is 43.0. The lowest BCUT2D eigenvalue weighted by atomic mass is 10.0. The molecule has 0 aliphatic heterocycles. The summed E-state index contributed by atoms with van der Waals surface area (Å²) in [6, 6.07) is -0.870. The van der Waals surface area contributed by atoms with Gasteiger partial charge < -0.3 is 19.8 Å². The molecule has 0 aromatic carbocycles. The molecule has 0 aliphatic rings. The standard InChI is InChI=1S/C35H69N2O6P/c1-6-8-10-12-14-16-17-18-19-21-23-25-27-29-35(39)36-33(32-43-44(40,41)42-31-30-37(3,4)5)34(38)28-26-24-22-20-15-13-11-9-7-2/h22,24,26,28,33-34,38H,6-21,23,25,27,29-32H2,1-5H3,(H-,36,39,40,41)/p+1/b24-22+,28-26+/t33-,34+/m0/s1. The summed E-state index contributed by atoms with van der Waals surface area (Å²) >= 11 is 0. The highest BCUT2D eigenvalue weighted by Crippen LogP contribution is 2.43. The number of likely N-dealkylation sites (N-methyl/N-ethyl adjacent to an activating group) is 1. The quantitative estimate of drug-likeness (QED) is 0.0302. The van der Waals surface area contributed by atoms with Gasteiger partial charge in [-0.25, -0.2) is 4.57 Å². The minimum atomic E-state index is -4.33. The third-order valence-electron chi connectivity index (χ3n) is 7.73. The molecule has 0 saturated carbocycles. The van der Waals surface area contributed by atoms with Crippen LogP contribution in [0.3, 0.4) is 0 Å². The maximum Gasteiger partial charge on any atom is 0.472 e. The van der Waals surface area contributed by atoms with E-state index >= 15 is 0 Å². The fourth-order valence-electron chi connectivity index (χ4n) is 4.80. The number of nitrogens with zero attached hydrogens (tertiary/aromatic N) is 1. The first-order valence-electron chi connectivity index (χ1n) is 17.7. The molecular weight excluding hydrogens is 575 g/mol. The van der Waals surface area contributed by atoms with Crippen molar-refractivity contribution in [3.63, 3.8) is 0 Å². The minimum absolute atomic E-state index is 0.0546. The van der Waals surface area contributed by atoms with Gasteiger partial charge in [-0.2, -0.15) is 0 Å². The van der Waals surface area contributed by atoms with Crippen LogP contribution in [0.2, 0.25) is 0 Å². The largest absolute Gasteiger partial charge is 0.472 e. The van der Waals surface area contributed by atoms with Gasteiger partial charge in [-0.15, -0.1) is 0 Å². The molecule has 0 aromatic rings. The van der Waals surface area contributed by atoms with Crippen molar-refractivity contribution in [3.8, 4) is 0 Å². The molecule has 3 atom stereocenters. The predicted molar refractivity (Wildman–Crippen MR) is 185 cm³/mol. The Labute approximate surface area is 271 Å². The summed E-state index contributed by atoms with van der Waals surface area (Å²) in [4.78, 5) is 22.9. The van der Waals surface area contributed by atoms with E-state index in [2.05, 4.69) is 25.2 Å². The summed E-state index contributed by atoms with van der Waals surface area (Å²) < 4.78 is 23.3. The molecule has 0 aliphatic carbocycles. The Balaban J connectivity index is 4.59.